The molecule has 0 N–H and O–H groups in total. The Kier molecular flexibility index (Phi) is 3.18. The summed E-state index contributed by atoms with van der Waals surface area (Å²) in [6.45, 7) is 1.76. The molecule has 0 aliphatic carbocycles. The summed E-state index contributed by atoms with van der Waals surface area (Å²) in [6, 6.07) is 6.16. The average Bonchev–Trinajstić information content (AvgIpc) is 2.87. The fourth-order valence-electron chi connectivity index (χ4n) is 1.57. The van der Waals surface area contributed by atoms with Crippen LogP contribution in [0.3, 0.4) is 0 Å². The zero-order valence-electron chi connectivity index (χ0n) is 9.74. The highest BCUT2D eigenvalue weighted by molar-refractivity contribution is 5.79. The lowest BCUT2D eigenvalue weighted by Gasteiger charge is -1.97. The second kappa shape index (κ2) is 4.79. The minimum atomic E-state index is -0.461. The summed E-state index contributed by atoms with van der Waals surface area (Å²) in [7, 11) is 0. The predicted molar refractivity (Wildman–Crippen MR) is 65.2 cm³/mol. The molecule has 18 heavy (non-hydrogen) atoms. The first-order chi connectivity index (χ1) is 8.61. The number of benzene rings is 1. The largest absolute Gasteiger partial charge is 0.276 e. The molecule has 1 aromatic heterocycles. The number of rotatable bonds is 3. The smallest absolute Gasteiger partial charge is 0.270 e. The summed E-state index contributed by atoms with van der Waals surface area (Å²) in [4.78, 5) is 25.7. The van der Waals surface area contributed by atoms with Gasteiger partial charge in [0.25, 0.3) is 5.69 Å². The standard InChI is InChI=1S/C12H11N3O3/c1-2-12(16)14-7-11(13-8-14)9-4-3-5-10(6-9)15(17)18/h3-8H,2H2,1H3. The Morgan fingerprint density at radius 1 is 1.50 bits per heavy atom. The molecule has 2 aromatic rings. The molecule has 0 bridgehead atoms. The van der Waals surface area contributed by atoms with Gasteiger partial charge >= 0.3 is 0 Å². The third-order valence-corrected chi connectivity index (χ3v) is 2.53. The van der Waals surface area contributed by atoms with Crippen molar-refractivity contribution < 1.29 is 9.72 Å². The number of hydrogen-bond acceptors (Lipinski definition) is 4. The third kappa shape index (κ3) is 2.27. The number of nitro groups is 1. The van der Waals surface area contributed by atoms with Crippen molar-refractivity contribution >= 4 is 11.6 Å². The molecule has 0 amide bonds. The maximum Gasteiger partial charge on any atom is 0.270 e. The summed E-state index contributed by atoms with van der Waals surface area (Å²) >= 11 is 0. The molecule has 0 unspecified atom stereocenters. The number of carbonyl (C=O) groups excluding carboxylic acids is 1. The van der Waals surface area contributed by atoms with Crippen molar-refractivity contribution in [2.45, 2.75) is 13.3 Å². The van der Waals surface area contributed by atoms with Gasteiger partial charge in [0, 0.05) is 30.3 Å². The van der Waals surface area contributed by atoms with Crippen LogP contribution in [0, 0.1) is 10.1 Å². The third-order valence-electron chi connectivity index (χ3n) is 2.53. The van der Waals surface area contributed by atoms with E-state index < -0.39 is 4.92 Å². The highest BCUT2D eigenvalue weighted by Gasteiger charge is 2.10. The van der Waals surface area contributed by atoms with Crippen molar-refractivity contribution in [3.8, 4) is 11.3 Å². The highest BCUT2D eigenvalue weighted by Crippen LogP contribution is 2.22. The molecule has 0 fully saturated rings. The van der Waals surface area contributed by atoms with Crippen LogP contribution in [0.4, 0.5) is 5.69 Å². The number of nitro benzene ring substituents is 1. The van der Waals surface area contributed by atoms with E-state index in [0.717, 1.165) is 0 Å². The summed E-state index contributed by atoms with van der Waals surface area (Å²) < 4.78 is 1.38. The predicted octanol–water partition coefficient (Wildman–Crippen LogP) is 2.51. The summed E-state index contributed by atoms with van der Waals surface area (Å²) in [6.07, 6.45) is 3.37. The second-order valence-corrected chi connectivity index (χ2v) is 3.72. The molecule has 1 heterocycles. The Balaban J connectivity index is 2.37. The van der Waals surface area contributed by atoms with Gasteiger partial charge in [-0.2, -0.15) is 0 Å². The summed E-state index contributed by atoms with van der Waals surface area (Å²) in [5.74, 6) is -0.0702. The van der Waals surface area contributed by atoms with E-state index >= 15 is 0 Å². The van der Waals surface area contributed by atoms with Crippen LogP contribution in [0.1, 0.15) is 18.1 Å². The van der Waals surface area contributed by atoms with Gasteiger partial charge in [-0.1, -0.05) is 19.1 Å². The van der Waals surface area contributed by atoms with Gasteiger partial charge in [0.05, 0.1) is 10.6 Å². The van der Waals surface area contributed by atoms with E-state index in [-0.39, 0.29) is 11.6 Å². The monoisotopic (exact) mass is 245 g/mol. The highest BCUT2D eigenvalue weighted by atomic mass is 16.6. The molecule has 6 nitrogen and oxygen atoms in total. The van der Waals surface area contributed by atoms with Gasteiger partial charge in [0.2, 0.25) is 5.91 Å². The van der Waals surface area contributed by atoms with Crippen molar-refractivity contribution in [3.63, 3.8) is 0 Å². The van der Waals surface area contributed by atoms with Gasteiger partial charge in [-0.05, 0) is 0 Å². The SMILES string of the molecule is CCC(=O)n1cnc(-c2cccc([N+](=O)[O-])c2)c1. The molecule has 0 aliphatic heterocycles. The van der Waals surface area contributed by atoms with E-state index in [0.29, 0.717) is 17.7 Å². The maximum atomic E-state index is 11.4. The van der Waals surface area contributed by atoms with Crippen molar-refractivity contribution in [2.75, 3.05) is 0 Å². The Labute approximate surface area is 103 Å². The van der Waals surface area contributed by atoms with E-state index in [1.54, 1.807) is 25.3 Å². The molecule has 92 valence electrons. The molecular formula is C12H11N3O3. The average molecular weight is 245 g/mol. The minimum absolute atomic E-state index is 0.00358. The van der Waals surface area contributed by atoms with Gasteiger partial charge in [-0.3, -0.25) is 19.5 Å². The fourth-order valence-corrected chi connectivity index (χ4v) is 1.57. The van der Waals surface area contributed by atoms with E-state index in [1.165, 1.54) is 23.0 Å². The molecule has 0 radical (unpaired) electrons. The van der Waals surface area contributed by atoms with Crippen LogP contribution in [0.5, 0.6) is 0 Å². The second-order valence-electron chi connectivity index (χ2n) is 3.72. The van der Waals surface area contributed by atoms with E-state index in [2.05, 4.69) is 4.98 Å². The summed E-state index contributed by atoms with van der Waals surface area (Å²) in [5, 5.41) is 10.7. The Morgan fingerprint density at radius 3 is 2.94 bits per heavy atom. The van der Waals surface area contributed by atoms with E-state index in [9.17, 15) is 14.9 Å². The topological polar surface area (TPSA) is 78.0 Å². The number of aromatic nitrogens is 2. The van der Waals surface area contributed by atoms with Crippen LogP contribution in [-0.2, 0) is 0 Å². The van der Waals surface area contributed by atoms with Gasteiger partial charge in [-0.15, -0.1) is 0 Å². The normalized spacial score (nSPS) is 10.3. The Morgan fingerprint density at radius 2 is 2.28 bits per heavy atom. The van der Waals surface area contributed by atoms with Crippen molar-refractivity contribution in [1.82, 2.24) is 9.55 Å². The molecule has 0 aliphatic rings. The van der Waals surface area contributed by atoms with Crippen LogP contribution < -0.4 is 0 Å². The van der Waals surface area contributed by atoms with Crippen LogP contribution >= 0.6 is 0 Å². The zero-order valence-corrected chi connectivity index (χ0v) is 9.74. The number of imidazole rings is 1. The molecule has 0 atom stereocenters. The molecular weight excluding hydrogens is 234 g/mol. The number of nitrogens with zero attached hydrogens (tertiary/aromatic N) is 3. The van der Waals surface area contributed by atoms with Crippen molar-refractivity contribution in [3.05, 3.63) is 46.9 Å². The number of hydrogen-bond donors (Lipinski definition) is 0. The Hall–Kier alpha value is -2.50. The molecule has 1 aromatic carbocycles. The molecule has 0 saturated heterocycles. The molecule has 6 heteroatoms. The van der Waals surface area contributed by atoms with Crippen LogP contribution in [0.2, 0.25) is 0 Å². The van der Waals surface area contributed by atoms with E-state index in [1.807, 2.05) is 0 Å². The maximum absolute atomic E-state index is 11.4. The number of carbonyl (C=O) groups is 1. The van der Waals surface area contributed by atoms with Gasteiger partial charge in [0.15, 0.2) is 0 Å². The first-order valence-corrected chi connectivity index (χ1v) is 5.44. The first kappa shape index (κ1) is 12.0. The minimum Gasteiger partial charge on any atom is -0.276 e. The van der Waals surface area contributed by atoms with E-state index in [4.69, 9.17) is 0 Å². The van der Waals surface area contributed by atoms with Gasteiger partial charge in [0.1, 0.15) is 6.33 Å². The van der Waals surface area contributed by atoms with Crippen LogP contribution in [0.25, 0.3) is 11.3 Å². The lowest BCUT2D eigenvalue weighted by atomic mass is 10.1. The van der Waals surface area contributed by atoms with Crippen molar-refractivity contribution in [1.29, 1.82) is 0 Å². The first-order valence-electron chi connectivity index (χ1n) is 5.44. The number of non-ortho nitro benzene ring substituents is 1. The van der Waals surface area contributed by atoms with Gasteiger partial charge in [-0.25, -0.2) is 4.98 Å². The fraction of sp³-hybridized carbons (Fsp3) is 0.167. The van der Waals surface area contributed by atoms with Crippen LogP contribution in [-0.4, -0.2) is 20.4 Å². The molecule has 0 saturated carbocycles. The Bertz CT molecular complexity index is 604. The quantitative estimate of drug-likeness (QED) is 0.614. The summed E-state index contributed by atoms with van der Waals surface area (Å²) in [5.41, 5.74) is 1.16. The van der Waals surface area contributed by atoms with Crippen LogP contribution in [0.15, 0.2) is 36.8 Å². The lowest BCUT2D eigenvalue weighted by Crippen LogP contribution is -2.05. The van der Waals surface area contributed by atoms with Gasteiger partial charge < -0.3 is 0 Å². The molecule has 2 rings (SSSR count). The van der Waals surface area contributed by atoms with Crippen molar-refractivity contribution in [2.24, 2.45) is 0 Å². The lowest BCUT2D eigenvalue weighted by molar-refractivity contribution is -0.384. The zero-order chi connectivity index (χ0) is 13.1. The molecule has 0 spiro atoms.